The van der Waals surface area contributed by atoms with Gasteiger partial charge in [0.15, 0.2) is 6.10 Å². The molecular formula is C23H36N4O4. The van der Waals surface area contributed by atoms with Gasteiger partial charge in [-0.2, -0.15) is 0 Å². The average Bonchev–Trinajstić information content (AvgIpc) is 3.24. The fourth-order valence-corrected chi connectivity index (χ4v) is 3.70. The predicted octanol–water partition coefficient (Wildman–Crippen LogP) is 0.779. The van der Waals surface area contributed by atoms with Crippen molar-refractivity contribution in [3.63, 3.8) is 0 Å². The summed E-state index contributed by atoms with van der Waals surface area (Å²) in [6.45, 7) is 8.15. The van der Waals surface area contributed by atoms with Gasteiger partial charge < -0.3 is 26.4 Å². The standard InChI is InChI=1S/C23H36N4O4/c1-14(2)18(24)23(31)27-12-8-11-17(27)21(29)26-19(15(3)4)20(28)22(30)25-13-16-9-6-5-7-10-16/h5-7,9-10,14-15,17-20,28H,8,11-13,24H2,1-4H3,(H,25,30)(H,26,29). The molecule has 0 bridgehead atoms. The maximum absolute atomic E-state index is 13.0. The minimum absolute atomic E-state index is 0.0321. The summed E-state index contributed by atoms with van der Waals surface area (Å²) in [5.74, 6) is -1.38. The summed E-state index contributed by atoms with van der Waals surface area (Å²) in [4.78, 5) is 39.7. The fraction of sp³-hybridized carbons (Fsp3) is 0.609. The van der Waals surface area contributed by atoms with E-state index in [4.69, 9.17) is 5.73 Å². The van der Waals surface area contributed by atoms with Crippen molar-refractivity contribution in [3.05, 3.63) is 35.9 Å². The Morgan fingerprint density at radius 2 is 1.77 bits per heavy atom. The molecule has 1 aliphatic rings. The van der Waals surface area contributed by atoms with E-state index in [2.05, 4.69) is 10.6 Å². The molecule has 1 heterocycles. The molecule has 4 unspecified atom stereocenters. The number of nitrogens with one attached hydrogen (secondary N) is 2. The number of aliphatic hydroxyl groups excluding tert-OH is 1. The molecule has 1 aliphatic heterocycles. The second-order valence-corrected chi connectivity index (χ2v) is 8.89. The smallest absolute Gasteiger partial charge is 0.251 e. The Bertz CT molecular complexity index is 753. The molecule has 1 fully saturated rings. The number of amides is 3. The highest BCUT2D eigenvalue weighted by molar-refractivity contribution is 5.91. The van der Waals surface area contributed by atoms with Gasteiger partial charge in [-0.15, -0.1) is 0 Å². The summed E-state index contributed by atoms with van der Waals surface area (Å²) in [7, 11) is 0. The van der Waals surface area contributed by atoms with E-state index in [1.165, 1.54) is 4.90 Å². The van der Waals surface area contributed by atoms with Crippen LogP contribution in [0.1, 0.15) is 46.1 Å². The minimum atomic E-state index is -1.41. The summed E-state index contributed by atoms with van der Waals surface area (Å²) < 4.78 is 0. The summed E-state index contributed by atoms with van der Waals surface area (Å²) >= 11 is 0. The Balaban J connectivity index is 2.01. The van der Waals surface area contributed by atoms with Gasteiger partial charge in [0.05, 0.1) is 12.1 Å². The number of aliphatic hydroxyl groups is 1. The van der Waals surface area contributed by atoms with Crippen molar-refractivity contribution in [1.29, 1.82) is 0 Å². The van der Waals surface area contributed by atoms with Gasteiger partial charge in [0, 0.05) is 13.1 Å². The average molecular weight is 433 g/mol. The van der Waals surface area contributed by atoms with Crippen LogP contribution < -0.4 is 16.4 Å². The number of carbonyl (C=O) groups excluding carboxylic acids is 3. The van der Waals surface area contributed by atoms with E-state index >= 15 is 0 Å². The lowest BCUT2D eigenvalue weighted by molar-refractivity contribution is -0.141. The quantitative estimate of drug-likeness (QED) is 0.459. The largest absolute Gasteiger partial charge is 0.381 e. The molecule has 0 radical (unpaired) electrons. The SMILES string of the molecule is CC(C)C(N)C(=O)N1CCCC1C(=O)NC(C(C)C)C(O)C(=O)NCc1ccccc1. The maximum Gasteiger partial charge on any atom is 0.251 e. The van der Waals surface area contributed by atoms with Crippen LogP contribution in [0.15, 0.2) is 30.3 Å². The third-order valence-electron chi connectivity index (χ3n) is 5.79. The van der Waals surface area contributed by atoms with E-state index in [1.807, 2.05) is 58.0 Å². The van der Waals surface area contributed by atoms with Crippen molar-refractivity contribution in [2.24, 2.45) is 17.6 Å². The van der Waals surface area contributed by atoms with E-state index in [1.54, 1.807) is 0 Å². The number of rotatable bonds is 9. The number of carbonyl (C=O) groups is 3. The van der Waals surface area contributed by atoms with E-state index in [0.29, 0.717) is 19.4 Å². The van der Waals surface area contributed by atoms with E-state index in [0.717, 1.165) is 5.56 Å². The van der Waals surface area contributed by atoms with Gasteiger partial charge in [0.1, 0.15) is 6.04 Å². The third kappa shape index (κ3) is 6.51. The summed E-state index contributed by atoms with van der Waals surface area (Å²) in [5, 5.41) is 16.1. The molecule has 8 nitrogen and oxygen atoms in total. The minimum Gasteiger partial charge on any atom is -0.381 e. The first-order chi connectivity index (χ1) is 14.6. The lowest BCUT2D eigenvalue weighted by atomic mass is 9.97. The molecule has 3 amide bonds. The molecule has 0 aromatic heterocycles. The molecule has 172 valence electrons. The van der Waals surface area contributed by atoms with Gasteiger partial charge in [-0.3, -0.25) is 14.4 Å². The first-order valence-electron chi connectivity index (χ1n) is 11.0. The molecule has 1 saturated heterocycles. The summed E-state index contributed by atoms with van der Waals surface area (Å²) in [6.07, 6.45) is -0.166. The van der Waals surface area contributed by atoms with Crippen LogP contribution in [-0.4, -0.2) is 58.5 Å². The molecule has 0 saturated carbocycles. The molecule has 0 spiro atoms. The van der Waals surface area contributed by atoms with E-state index in [9.17, 15) is 19.5 Å². The van der Waals surface area contributed by atoms with Crippen molar-refractivity contribution in [3.8, 4) is 0 Å². The van der Waals surface area contributed by atoms with E-state index < -0.39 is 30.1 Å². The summed E-state index contributed by atoms with van der Waals surface area (Å²) in [6, 6.07) is 7.30. The van der Waals surface area contributed by atoms with Gasteiger partial charge >= 0.3 is 0 Å². The predicted molar refractivity (Wildman–Crippen MR) is 119 cm³/mol. The van der Waals surface area contributed by atoms with Gasteiger partial charge in [0.25, 0.3) is 5.91 Å². The molecule has 8 heteroatoms. The number of nitrogens with two attached hydrogens (primary N) is 1. The third-order valence-corrected chi connectivity index (χ3v) is 5.79. The van der Waals surface area contributed by atoms with Crippen LogP contribution in [0.2, 0.25) is 0 Å². The number of benzene rings is 1. The lowest BCUT2D eigenvalue weighted by Gasteiger charge is -2.31. The number of hydrogen-bond acceptors (Lipinski definition) is 5. The van der Waals surface area contributed by atoms with Crippen LogP contribution in [0.25, 0.3) is 0 Å². The Hall–Kier alpha value is -2.45. The second kappa shape index (κ2) is 11.2. The van der Waals surface area contributed by atoms with Crippen molar-refractivity contribution < 1.29 is 19.5 Å². The molecule has 0 aliphatic carbocycles. The molecule has 5 N–H and O–H groups in total. The monoisotopic (exact) mass is 432 g/mol. The first kappa shape index (κ1) is 24.8. The normalized spacial score (nSPS) is 19.2. The Morgan fingerprint density at radius 1 is 1.13 bits per heavy atom. The zero-order chi connectivity index (χ0) is 23.1. The molecule has 2 rings (SSSR count). The Kier molecular flexibility index (Phi) is 9.00. The lowest BCUT2D eigenvalue weighted by Crippen LogP contribution is -2.58. The highest BCUT2D eigenvalue weighted by Crippen LogP contribution is 2.20. The van der Waals surface area contributed by atoms with Crippen molar-refractivity contribution in [2.45, 2.75) is 71.3 Å². The van der Waals surface area contributed by atoms with Crippen molar-refractivity contribution >= 4 is 17.7 Å². The zero-order valence-corrected chi connectivity index (χ0v) is 18.9. The van der Waals surface area contributed by atoms with Crippen LogP contribution in [0.5, 0.6) is 0 Å². The highest BCUT2D eigenvalue weighted by atomic mass is 16.3. The van der Waals surface area contributed by atoms with Crippen LogP contribution >= 0.6 is 0 Å². The Labute approximate surface area is 184 Å². The molecular weight excluding hydrogens is 396 g/mol. The topological polar surface area (TPSA) is 125 Å². The second-order valence-electron chi connectivity index (χ2n) is 8.89. The first-order valence-corrected chi connectivity index (χ1v) is 11.0. The van der Waals surface area contributed by atoms with Gasteiger partial charge in [-0.05, 0) is 30.2 Å². The van der Waals surface area contributed by atoms with E-state index in [-0.39, 0.29) is 30.2 Å². The summed E-state index contributed by atoms with van der Waals surface area (Å²) in [5.41, 5.74) is 6.92. The molecule has 1 aromatic rings. The van der Waals surface area contributed by atoms with Gasteiger partial charge in [-0.1, -0.05) is 58.0 Å². The zero-order valence-electron chi connectivity index (χ0n) is 18.9. The van der Waals surface area contributed by atoms with Gasteiger partial charge in [0.2, 0.25) is 11.8 Å². The van der Waals surface area contributed by atoms with Crippen LogP contribution in [0, 0.1) is 11.8 Å². The van der Waals surface area contributed by atoms with Gasteiger partial charge in [-0.25, -0.2) is 0 Å². The van der Waals surface area contributed by atoms with Crippen LogP contribution in [-0.2, 0) is 20.9 Å². The Morgan fingerprint density at radius 3 is 2.35 bits per heavy atom. The molecule has 4 atom stereocenters. The molecule has 31 heavy (non-hydrogen) atoms. The van der Waals surface area contributed by atoms with Crippen LogP contribution in [0.4, 0.5) is 0 Å². The fourth-order valence-electron chi connectivity index (χ4n) is 3.70. The number of nitrogens with zero attached hydrogens (tertiary/aromatic N) is 1. The highest BCUT2D eigenvalue weighted by Gasteiger charge is 2.39. The number of likely N-dealkylation sites (tertiary alicyclic amines) is 1. The number of hydrogen-bond donors (Lipinski definition) is 4. The van der Waals surface area contributed by atoms with Crippen molar-refractivity contribution in [1.82, 2.24) is 15.5 Å². The molecule has 1 aromatic carbocycles. The maximum atomic E-state index is 13.0. The van der Waals surface area contributed by atoms with Crippen molar-refractivity contribution in [2.75, 3.05) is 6.54 Å². The van der Waals surface area contributed by atoms with Crippen LogP contribution in [0.3, 0.4) is 0 Å².